The van der Waals surface area contributed by atoms with Crippen molar-refractivity contribution < 1.29 is 27.8 Å². The summed E-state index contributed by atoms with van der Waals surface area (Å²) in [5.74, 6) is -0.941. The summed E-state index contributed by atoms with van der Waals surface area (Å²) in [7, 11) is 0. The van der Waals surface area contributed by atoms with E-state index in [-0.39, 0.29) is 30.5 Å². The van der Waals surface area contributed by atoms with Crippen LogP contribution >= 0.6 is 11.8 Å². The van der Waals surface area contributed by atoms with Crippen LogP contribution in [-0.2, 0) is 11.2 Å². The van der Waals surface area contributed by atoms with Crippen molar-refractivity contribution in [2.45, 2.75) is 11.9 Å². The summed E-state index contributed by atoms with van der Waals surface area (Å²) >= 11 is -0.169. The topological polar surface area (TPSA) is 46.5 Å². The second-order valence-corrected chi connectivity index (χ2v) is 4.48. The van der Waals surface area contributed by atoms with Crippen LogP contribution in [0, 0.1) is 0 Å². The first kappa shape index (κ1) is 14.7. The number of carboxylic acid groups (broad SMARTS) is 1. The van der Waals surface area contributed by atoms with Gasteiger partial charge in [0.2, 0.25) is 0 Å². The van der Waals surface area contributed by atoms with Gasteiger partial charge in [-0.25, -0.2) is 0 Å². The zero-order chi connectivity index (χ0) is 13.6. The maximum absolute atomic E-state index is 11.9. The summed E-state index contributed by atoms with van der Waals surface area (Å²) in [6.07, 6.45) is -0.220. The zero-order valence-corrected chi connectivity index (χ0v) is 10.1. The van der Waals surface area contributed by atoms with Crippen molar-refractivity contribution in [3.8, 4) is 5.75 Å². The van der Waals surface area contributed by atoms with Gasteiger partial charge in [0.15, 0.2) is 0 Å². The summed E-state index contributed by atoms with van der Waals surface area (Å²) in [4.78, 5) is 10.6. The Hall–Kier alpha value is -1.37. The third kappa shape index (κ3) is 5.81. The Balaban J connectivity index is 2.49. The van der Waals surface area contributed by atoms with Gasteiger partial charge in [0, 0.05) is 11.3 Å². The SMILES string of the molecule is O=C(O)Cc1ccccc1OCCSC(F)(F)F. The predicted molar refractivity (Wildman–Crippen MR) is 61.8 cm³/mol. The molecule has 0 spiro atoms. The number of benzene rings is 1. The molecule has 0 atom stereocenters. The number of hydrogen-bond acceptors (Lipinski definition) is 3. The van der Waals surface area contributed by atoms with Crippen LogP contribution in [0.25, 0.3) is 0 Å². The number of carbonyl (C=O) groups is 1. The fraction of sp³-hybridized carbons (Fsp3) is 0.364. The van der Waals surface area contributed by atoms with E-state index in [9.17, 15) is 18.0 Å². The molecule has 7 heteroatoms. The van der Waals surface area contributed by atoms with Gasteiger partial charge in [0.1, 0.15) is 5.75 Å². The lowest BCUT2D eigenvalue weighted by Gasteiger charge is -2.10. The Labute approximate surface area is 106 Å². The highest BCUT2D eigenvalue weighted by molar-refractivity contribution is 8.00. The number of alkyl halides is 3. The van der Waals surface area contributed by atoms with Gasteiger partial charge in [-0.15, -0.1) is 0 Å². The molecule has 0 aromatic heterocycles. The number of para-hydroxylation sites is 1. The Morgan fingerprint density at radius 2 is 2.00 bits per heavy atom. The number of ether oxygens (including phenoxy) is 1. The molecule has 0 amide bonds. The molecule has 3 nitrogen and oxygen atoms in total. The van der Waals surface area contributed by atoms with Crippen molar-refractivity contribution in [1.29, 1.82) is 0 Å². The van der Waals surface area contributed by atoms with Gasteiger partial charge in [-0.2, -0.15) is 13.2 Å². The molecule has 1 rings (SSSR count). The highest BCUT2D eigenvalue weighted by Crippen LogP contribution is 2.30. The molecule has 100 valence electrons. The molecule has 0 aliphatic heterocycles. The van der Waals surface area contributed by atoms with Gasteiger partial charge >= 0.3 is 11.5 Å². The standard InChI is InChI=1S/C11H11F3O3S/c12-11(13,14)18-6-5-17-9-4-2-1-3-8(9)7-10(15)16/h1-4H,5-7H2,(H,15,16). The number of halogens is 3. The van der Waals surface area contributed by atoms with Crippen molar-refractivity contribution in [3.05, 3.63) is 29.8 Å². The van der Waals surface area contributed by atoms with Crippen LogP contribution in [0.1, 0.15) is 5.56 Å². The molecule has 0 aliphatic rings. The summed E-state index contributed by atoms with van der Waals surface area (Å²) in [5.41, 5.74) is -3.83. The highest BCUT2D eigenvalue weighted by Gasteiger charge is 2.27. The molecule has 1 aromatic carbocycles. The zero-order valence-electron chi connectivity index (χ0n) is 9.24. The van der Waals surface area contributed by atoms with Crippen molar-refractivity contribution in [2.24, 2.45) is 0 Å². The molecule has 1 aromatic rings. The summed E-state index contributed by atoms with van der Waals surface area (Å²) < 4.78 is 40.7. The predicted octanol–water partition coefficient (Wildman–Crippen LogP) is 2.95. The van der Waals surface area contributed by atoms with Crippen LogP contribution in [0.4, 0.5) is 13.2 Å². The minimum absolute atomic E-state index is 0.124. The van der Waals surface area contributed by atoms with Crippen LogP contribution in [0.3, 0.4) is 0 Å². The largest absolute Gasteiger partial charge is 0.492 e. The second-order valence-electron chi connectivity index (χ2n) is 3.32. The lowest BCUT2D eigenvalue weighted by atomic mass is 10.1. The summed E-state index contributed by atoms with van der Waals surface area (Å²) in [5, 5.41) is 8.66. The number of rotatable bonds is 6. The molecule has 0 heterocycles. The lowest BCUT2D eigenvalue weighted by Crippen LogP contribution is -2.09. The molecule has 0 saturated carbocycles. The van der Waals surface area contributed by atoms with Crippen LogP contribution < -0.4 is 4.74 Å². The van der Waals surface area contributed by atoms with Gasteiger partial charge in [0.25, 0.3) is 0 Å². The molecule has 0 fully saturated rings. The molecule has 0 bridgehead atoms. The van der Waals surface area contributed by atoms with Gasteiger partial charge < -0.3 is 9.84 Å². The third-order valence-corrected chi connectivity index (χ3v) is 2.62. The number of aliphatic carboxylic acids is 1. The smallest absolute Gasteiger partial charge is 0.441 e. The van der Waals surface area contributed by atoms with E-state index in [0.717, 1.165) is 0 Å². The minimum Gasteiger partial charge on any atom is -0.492 e. The van der Waals surface area contributed by atoms with E-state index in [1.165, 1.54) is 6.07 Å². The van der Waals surface area contributed by atoms with Gasteiger partial charge in [0.05, 0.1) is 13.0 Å². The normalized spacial score (nSPS) is 11.3. The second kappa shape index (κ2) is 6.53. The van der Waals surface area contributed by atoms with Crippen molar-refractivity contribution in [2.75, 3.05) is 12.4 Å². The Morgan fingerprint density at radius 1 is 1.33 bits per heavy atom. The highest BCUT2D eigenvalue weighted by atomic mass is 32.2. The lowest BCUT2D eigenvalue weighted by molar-refractivity contribution is -0.136. The van der Waals surface area contributed by atoms with E-state index in [4.69, 9.17) is 9.84 Å². The van der Waals surface area contributed by atoms with Crippen LogP contribution in [0.2, 0.25) is 0 Å². The minimum atomic E-state index is -4.27. The molecular formula is C11H11F3O3S. The van der Waals surface area contributed by atoms with Crippen LogP contribution in [0.15, 0.2) is 24.3 Å². The van der Waals surface area contributed by atoms with E-state index in [0.29, 0.717) is 11.3 Å². The monoisotopic (exact) mass is 280 g/mol. The number of hydrogen-bond donors (Lipinski definition) is 1. The first-order chi connectivity index (χ1) is 8.38. The van der Waals surface area contributed by atoms with Gasteiger partial charge in [-0.05, 0) is 17.8 Å². The van der Waals surface area contributed by atoms with E-state index in [2.05, 4.69) is 0 Å². The maximum Gasteiger partial charge on any atom is 0.441 e. The maximum atomic E-state index is 11.9. The average Bonchev–Trinajstić information content (AvgIpc) is 2.24. The van der Waals surface area contributed by atoms with Gasteiger partial charge in [-0.3, -0.25) is 4.79 Å². The van der Waals surface area contributed by atoms with Crippen molar-refractivity contribution in [3.63, 3.8) is 0 Å². The van der Waals surface area contributed by atoms with Crippen LogP contribution in [0.5, 0.6) is 5.75 Å². The van der Waals surface area contributed by atoms with Gasteiger partial charge in [-0.1, -0.05) is 18.2 Å². The van der Waals surface area contributed by atoms with Crippen molar-refractivity contribution >= 4 is 17.7 Å². The number of carboxylic acids is 1. The number of thioether (sulfide) groups is 1. The van der Waals surface area contributed by atoms with E-state index < -0.39 is 11.5 Å². The quantitative estimate of drug-likeness (QED) is 0.814. The fourth-order valence-corrected chi connectivity index (χ4v) is 1.66. The van der Waals surface area contributed by atoms with Crippen LogP contribution in [-0.4, -0.2) is 28.9 Å². The Bertz CT molecular complexity index is 407. The Morgan fingerprint density at radius 3 is 2.61 bits per heavy atom. The van der Waals surface area contributed by atoms with Crippen molar-refractivity contribution in [1.82, 2.24) is 0 Å². The average molecular weight is 280 g/mol. The van der Waals surface area contributed by atoms with E-state index in [1.54, 1.807) is 18.2 Å². The summed E-state index contributed by atoms with van der Waals surface area (Å²) in [6, 6.07) is 6.39. The van der Waals surface area contributed by atoms with E-state index in [1.807, 2.05) is 0 Å². The molecule has 18 heavy (non-hydrogen) atoms. The third-order valence-electron chi connectivity index (χ3n) is 1.92. The Kier molecular flexibility index (Phi) is 5.33. The van der Waals surface area contributed by atoms with E-state index >= 15 is 0 Å². The first-order valence-corrected chi connectivity index (χ1v) is 6.00. The first-order valence-electron chi connectivity index (χ1n) is 5.01. The molecular weight excluding hydrogens is 269 g/mol. The summed E-state index contributed by atoms with van der Waals surface area (Å²) in [6.45, 7) is -0.124. The molecule has 0 radical (unpaired) electrons. The molecule has 0 unspecified atom stereocenters. The molecule has 0 saturated heterocycles. The molecule has 0 aliphatic carbocycles. The molecule has 1 N–H and O–H groups in total. The fourth-order valence-electron chi connectivity index (χ4n) is 1.26.